The average molecular weight is 160 g/mol. The van der Waals surface area contributed by atoms with E-state index < -0.39 is 0 Å². The van der Waals surface area contributed by atoms with Gasteiger partial charge in [-0.05, 0) is 12.1 Å². The zero-order chi connectivity index (χ0) is 6.69. The molecule has 10 heavy (non-hydrogen) atoms. The van der Waals surface area contributed by atoms with Gasteiger partial charge in [-0.15, -0.1) is 0 Å². The van der Waals surface area contributed by atoms with Crippen molar-refractivity contribution >= 4 is 57.3 Å². The van der Waals surface area contributed by atoms with Gasteiger partial charge >= 0.3 is 0 Å². The van der Waals surface area contributed by atoms with Gasteiger partial charge in [0.2, 0.25) is 5.91 Å². The van der Waals surface area contributed by atoms with E-state index >= 15 is 0 Å². The summed E-state index contributed by atoms with van der Waals surface area (Å²) in [6.45, 7) is 0. The third-order valence-corrected chi connectivity index (χ3v) is 1.06. The molecule has 47 valence electrons. The van der Waals surface area contributed by atoms with Crippen molar-refractivity contribution in [2.24, 2.45) is 5.73 Å². The van der Waals surface area contributed by atoms with Crippen molar-refractivity contribution in [1.29, 1.82) is 0 Å². The molecule has 1 radical (unpaired) electrons. The molecule has 0 fully saturated rings. The van der Waals surface area contributed by atoms with Crippen molar-refractivity contribution in [3.8, 4) is 0 Å². The van der Waals surface area contributed by atoms with Crippen LogP contribution < -0.4 is 5.73 Å². The second-order valence-electron chi connectivity index (χ2n) is 1.73. The Labute approximate surface area is 102 Å². The number of primary amides is 1. The topological polar surface area (TPSA) is 43.1 Å². The van der Waals surface area contributed by atoms with Crippen molar-refractivity contribution in [2.45, 2.75) is 0 Å². The van der Waals surface area contributed by atoms with Gasteiger partial charge in [-0.3, -0.25) is 4.79 Å². The third kappa shape index (κ3) is 2.94. The molecule has 3 heteroatoms. The van der Waals surface area contributed by atoms with Gasteiger partial charge in [0.05, 0.1) is 0 Å². The Morgan fingerprint density at radius 3 is 2.00 bits per heavy atom. The molecule has 0 aliphatic heterocycles. The number of hydrogen-bond acceptors (Lipinski definition) is 1. The Balaban J connectivity index is 0.000000810. The molecule has 0 saturated heterocycles. The first-order chi connectivity index (χ1) is 4.30. The van der Waals surface area contributed by atoms with Crippen LogP contribution in [-0.4, -0.2) is 57.3 Å². The predicted octanol–water partition coefficient (Wildman–Crippen LogP) is 0.405. The van der Waals surface area contributed by atoms with Crippen LogP contribution in [0.1, 0.15) is 10.4 Å². The van der Waals surface area contributed by atoms with Gasteiger partial charge in [-0.25, -0.2) is 0 Å². The number of nitrogens with two attached hydrogens (primary N) is 1. The Morgan fingerprint density at radius 2 is 1.70 bits per heavy atom. The molecule has 0 spiro atoms. The number of benzene rings is 1. The van der Waals surface area contributed by atoms with E-state index in [-0.39, 0.29) is 57.3 Å². The molecule has 0 aliphatic carbocycles. The van der Waals surface area contributed by atoms with Crippen LogP contribution in [0.3, 0.4) is 0 Å². The summed E-state index contributed by atoms with van der Waals surface area (Å²) < 4.78 is 0. The Bertz CT molecular complexity index is 210. The van der Waals surface area contributed by atoms with Crippen LogP contribution in [0.25, 0.3) is 0 Å². The molecule has 0 heterocycles. The van der Waals surface area contributed by atoms with Gasteiger partial charge in [0.25, 0.3) is 0 Å². The van der Waals surface area contributed by atoms with Crippen molar-refractivity contribution in [3.63, 3.8) is 0 Å². The minimum absolute atomic E-state index is 0. The largest absolute Gasteiger partial charge is 0.366 e. The first-order valence-corrected chi connectivity index (χ1v) is 2.65. The van der Waals surface area contributed by atoms with Crippen LogP contribution in [0, 0.1) is 0 Å². The van der Waals surface area contributed by atoms with Crippen molar-refractivity contribution < 1.29 is 4.79 Å². The van der Waals surface area contributed by atoms with Crippen LogP contribution in [-0.2, 0) is 0 Å². The molecule has 0 aliphatic rings. The monoisotopic (exact) mass is 160 g/mol. The minimum atomic E-state index is -0.379. The van der Waals surface area contributed by atoms with Gasteiger partial charge in [-0.1, -0.05) is 18.2 Å². The molecule has 1 rings (SSSR count). The first kappa shape index (κ1) is 10.3. The standard InChI is InChI=1S/C7H7NO.K/c8-7(9)6-4-2-1-3-5-6;/h1-5H,(H2,8,9);. The van der Waals surface area contributed by atoms with Crippen LogP contribution in [0.4, 0.5) is 0 Å². The van der Waals surface area contributed by atoms with E-state index in [1.165, 1.54) is 0 Å². The third-order valence-electron chi connectivity index (χ3n) is 1.06. The first-order valence-electron chi connectivity index (χ1n) is 2.65. The second-order valence-corrected chi connectivity index (χ2v) is 1.73. The molecule has 0 unspecified atom stereocenters. The Hall–Kier alpha value is 0.326. The second kappa shape index (κ2) is 5.04. The zero-order valence-electron chi connectivity index (χ0n) is 5.87. The van der Waals surface area contributed by atoms with E-state index in [0.717, 1.165) is 0 Å². The van der Waals surface area contributed by atoms with E-state index in [9.17, 15) is 4.79 Å². The van der Waals surface area contributed by atoms with E-state index in [1.807, 2.05) is 6.07 Å². The fourth-order valence-corrected chi connectivity index (χ4v) is 0.602. The molecule has 2 nitrogen and oxygen atoms in total. The fourth-order valence-electron chi connectivity index (χ4n) is 0.602. The number of carbonyl (C=O) groups excluding carboxylic acids is 1. The van der Waals surface area contributed by atoms with Gasteiger partial charge in [0.1, 0.15) is 0 Å². The van der Waals surface area contributed by atoms with Crippen LogP contribution in [0.15, 0.2) is 30.3 Å². The normalized spacial score (nSPS) is 8.00. The van der Waals surface area contributed by atoms with Crippen LogP contribution in [0.5, 0.6) is 0 Å². The molecular formula is C7H7KNO. The summed E-state index contributed by atoms with van der Waals surface area (Å²) in [4.78, 5) is 10.4. The van der Waals surface area contributed by atoms with Gasteiger partial charge in [-0.2, -0.15) is 0 Å². The molecule has 2 N–H and O–H groups in total. The van der Waals surface area contributed by atoms with E-state index in [2.05, 4.69) is 0 Å². The Morgan fingerprint density at radius 1 is 1.20 bits per heavy atom. The summed E-state index contributed by atoms with van der Waals surface area (Å²) >= 11 is 0. The van der Waals surface area contributed by atoms with Crippen molar-refractivity contribution in [2.75, 3.05) is 0 Å². The van der Waals surface area contributed by atoms with Crippen LogP contribution >= 0.6 is 0 Å². The van der Waals surface area contributed by atoms with Gasteiger partial charge in [0, 0.05) is 56.9 Å². The molecule has 1 amide bonds. The van der Waals surface area contributed by atoms with E-state index in [0.29, 0.717) is 5.56 Å². The fraction of sp³-hybridized carbons (Fsp3) is 0. The van der Waals surface area contributed by atoms with Crippen molar-refractivity contribution in [3.05, 3.63) is 35.9 Å². The molecule has 0 saturated carbocycles. The maximum Gasteiger partial charge on any atom is 0.248 e. The number of rotatable bonds is 1. The van der Waals surface area contributed by atoms with E-state index in [4.69, 9.17) is 5.73 Å². The van der Waals surface area contributed by atoms with Crippen molar-refractivity contribution in [1.82, 2.24) is 0 Å². The quantitative estimate of drug-likeness (QED) is 0.594. The van der Waals surface area contributed by atoms with Gasteiger partial charge < -0.3 is 5.73 Å². The molecular weight excluding hydrogens is 153 g/mol. The van der Waals surface area contributed by atoms with Gasteiger partial charge in [0.15, 0.2) is 0 Å². The summed E-state index contributed by atoms with van der Waals surface area (Å²) in [6, 6.07) is 8.76. The number of carbonyl (C=O) groups is 1. The SMILES string of the molecule is NC(=O)c1ccccc1.[K]. The summed E-state index contributed by atoms with van der Waals surface area (Å²) in [7, 11) is 0. The minimum Gasteiger partial charge on any atom is -0.366 e. The van der Waals surface area contributed by atoms with E-state index in [1.54, 1.807) is 24.3 Å². The maximum absolute atomic E-state index is 10.4. The average Bonchev–Trinajstić information content (AvgIpc) is 1.90. The number of amides is 1. The molecule has 1 aromatic carbocycles. The smallest absolute Gasteiger partial charge is 0.248 e. The summed E-state index contributed by atoms with van der Waals surface area (Å²) in [5.74, 6) is -0.379. The van der Waals surface area contributed by atoms with Crippen LogP contribution in [0.2, 0.25) is 0 Å². The summed E-state index contributed by atoms with van der Waals surface area (Å²) in [5, 5.41) is 0. The summed E-state index contributed by atoms with van der Waals surface area (Å²) in [5.41, 5.74) is 5.53. The molecule has 0 aromatic heterocycles. The molecule has 1 aromatic rings. The summed E-state index contributed by atoms with van der Waals surface area (Å²) in [6.07, 6.45) is 0. The molecule has 0 bridgehead atoms. The predicted molar refractivity (Wildman–Crippen MR) is 40.7 cm³/mol. The number of hydrogen-bond donors (Lipinski definition) is 1. The maximum atomic E-state index is 10.4. The molecule has 0 atom stereocenters. The zero-order valence-corrected chi connectivity index (χ0v) is 9.00. The Kier molecular flexibility index (Phi) is 5.20.